The molecule has 326 valence electrons. The van der Waals surface area contributed by atoms with E-state index < -0.39 is 15.4 Å². The molecule has 2 aromatic carbocycles. The van der Waals surface area contributed by atoms with Crippen molar-refractivity contribution in [2.75, 3.05) is 64.0 Å². The Labute approximate surface area is 357 Å². The number of aryl methyl sites for hydroxylation is 1. The molecule has 2 saturated heterocycles. The molecule has 2 saturated carbocycles. The van der Waals surface area contributed by atoms with Gasteiger partial charge in [0, 0.05) is 63.2 Å². The van der Waals surface area contributed by atoms with E-state index in [1.54, 1.807) is 13.2 Å². The van der Waals surface area contributed by atoms with Crippen LogP contribution in [0.2, 0.25) is 0 Å². The van der Waals surface area contributed by atoms with E-state index in [1.807, 2.05) is 50.8 Å². The van der Waals surface area contributed by atoms with Crippen molar-refractivity contribution < 1.29 is 27.5 Å². The first-order chi connectivity index (χ1) is 28.6. The van der Waals surface area contributed by atoms with Gasteiger partial charge in [-0.1, -0.05) is 12.1 Å². The molecular weight excluding hydrogens is 777 g/mol. The van der Waals surface area contributed by atoms with Gasteiger partial charge >= 0.3 is 6.09 Å². The molecule has 13 heteroatoms. The molecule has 1 N–H and O–H groups in total. The summed E-state index contributed by atoms with van der Waals surface area (Å²) in [5.41, 5.74) is 3.72. The number of likely N-dealkylation sites (tertiary alicyclic amines) is 1. The highest BCUT2D eigenvalue weighted by molar-refractivity contribution is 7.91. The van der Waals surface area contributed by atoms with E-state index in [0.717, 1.165) is 123 Å². The monoisotopic (exact) mass is 842 g/mol. The topological polar surface area (TPSA) is 134 Å². The van der Waals surface area contributed by atoms with E-state index in [1.165, 1.54) is 25.7 Å². The number of hydrogen-bond acceptors (Lipinski definition) is 10. The second kappa shape index (κ2) is 17.1. The summed E-state index contributed by atoms with van der Waals surface area (Å²) in [6.45, 7) is 16.0. The summed E-state index contributed by atoms with van der Waals surface area (Å²) in [6.07, 6.45) is 11.1. The molecule has 4 heterocycles. The van der Waals surface area contributed by atoms with Crippen LogP contribution in [0.4, 0.5) is 10.6 Å². The van der Waals surface area contributed by atoms with Crippen molar-refractivity contribution in [3.8, 4) is 5.75 Å². The molecule has 1 atom stereocenters. The Morgan fingerprint density at radius 1 is 0.917 bits per heavy atom. The fraction of sp³-hybridized carbons (Fsp3) is 0.660. The second-order valence-electron chi connectivity index (χ2n) is 19.6. The van der Waals surface area contributed by atoms with Crippen LogP contribution in [-0.4, -0.2) is 109 Å². The quantitative estimate of drug-likeness (QED) is 0.237. The number of nitrogens with one attached hydrogen (secondary N) is 1. The minimum absolute atomic E-state index is 0.0518. The first-order valence-corrected chi connectivity index (χ1v) is 24.2. The van der Waals surface area contributed by atoms with Gasteiger partial charge in [-0.05, 0) is 151 Å². The molecule has 12 nitrogen and oxygen atoms in total. The molecule has 0 bridgehead atoms. The number of nitrogens with zero attached hydrogens (tertiary/aromatic N) is 5. The van der Waals surface area contributed by atoms with Crippen LogP contribution in [0.25, 0.3) is 10.9 Å². The number of ether oxygens (including phenoxy) is 2. The number of fused-ring (bicyclic) bond motifs is 2. The first-order valence-electron chi connectivity index (χ1n) is 22.6. The average Bonchev–Trinajstić information content (AvgIpc) is 3.54. The SMILES string of the molecule is COc1cc2nc(C)nc(N[C@H](C)c3cccc4c3CCS4(=O)=O)c2cc1C1CCC(C(=O)N2CCN(CC3CCC4(CC3)CCN(C(=O)OC(C)(C)C)CC4)CC2)CC1. The number of aromatic nitrogens is 2. The maximum Gasteiger partial charge on any atom is 0.410 e. The number of carbonyl (C=O) groups is 2. The summed E-state index contributed by atoms with van der Waals surface area (Å²) in [4.78, 5) is 43.2. The van der Waals surface area contributed by atoms with Gasteiger partial charge in [-0.3, -0.25) is 9.69 Å². The van der Waals surface area contributed by atoms with Crippen LogP contribution in [0.1, 0.15) is 126 Å². The van der Waals surface area contributed by atoms with E-state index in [9.17, 15) is 18.0 Å². The zero-order valence-corrected chi connectivity index (χ0v) is 37.5. The summed E-state index contributed by atoms with van der Waals surface area (Å²) in [5.74, 6) is 3.67. The number of hydrogen-bond donors (Lipinski definition) is 1. The zero-order chi connectivity index (χ0) is 42.4. The number of piperidine rings is 1. The number of anilines is 1. The third-order valence-electron chi connectivity index (χ3n) is 14.5. The number of carbonyl (C=O) groups excluding carboxylic acids is 2. The van der Waals surface area contributed by atoms with Crippen molar-refractivity contribution >= 4 is 38.6 Å². The van der Waals surface area contributed by atoms with Crippen LogP contribution in [0.5, 0.6) is 5.75 Å². The fourth-order valence-corrected chi connectivity index (χ4v) is 12.5. The second-order valence-corrected chi connectivity index (χ2v) is 21.7. The molecule has 0 unspecified atom stereocenters. The predicted octanol–water partition coefficient (Wildman–Crippen LogP) is 8.08. The molecule has 3 aromatic rings. The van der Waals surface area contributed by atoms with Crippen LogP contribution in [0, 0.1) is 24.2 Å². The van der Waals surface area contributed by atoms with Gasteiger partial charge in [-0.2, -0.15) is 0 Å². The van der Waals surface area contributed by atoms with Gasteiger partial charge in [0.05, 0.1) is 29.3 Å². The lowest BCUT2D eigenvalue weighted by molar-refractivity contribution is -0.138. The Hall–Kier alpha value is -3.97. The third kappa shape index (κ3) is 9.13. The normalized spacial score (nSPS) is 24.0. The molecule has 5 aliphatic rings. The first kappa shape index (κ1) is 42.7. The van der Waals surface area contributed by atoms with Crippen LogP contribution in [-0.2, 0) is 25.8 Å². The highest BCUT2D eigenvalue weighted by atomic mass is 32.2. The van der Waals surface area contributed by atoms with Crippen molar-refractivity contribution in [3.63, 3.8) is 0 Å². The predicted molar refractivity (Wildman–Crippen MR) is 234 cm³/mol. The van der Waals surface area contributed by atoms with Crippen molar-refractivity contribution in [2.45, 2.75) is 128 Å². The molecule has 2 aliphatic carbocycles. The maximum atomic E-state index is 13.9. The number of sulfone groups is 1. The highest BCUT2D eigenvalue weighted by Crippen LogP contribution is 2.47. The van der Waals surface area contributed by atoms with E-state index in [4.69, 9.17) is 19.4 Å². The van der Waals surface area contributed by atoms with Crippen molar-refractivity contribution in [1.82, 2.24) is 24.7 Å². The molecule has 8 rings (SSSR count). The number of piperazine rings is 1. The molecule has 1 spiro atoms. The molecule has 4 fully saturated rings. The maximum absolute atomic E-state index is 13.9. The van der Waals surface area contributed by atoms with E-state index >= 15 is 0 Å². The molecule has 60 heavy (non-hydrogen) atoms. The third-order valence-corrected chi connectivity index (χ3v) is 16.3. The van der Waals surface area contributed by atoms with Gasteiger partial charge in [0.15, 0.2) is 9.84 Å². The summed E-state index contributed by atoms with van der Waals surface area (Å²) in [7, 11) is -1.53. The fourth-order valence-electron chi connectivity index (χ4n) is 11.0. The van der Waals surface area contributed by atoms with E-state index in [2.05, 4.69) is 28.1 Å². The highest BCUT2D eigenvalue weighted by Gasteiger charge is 2.41. The number of methoxy groups -OCH3 is 1. The lowest BCUT2D eigenvalue weighted by atomic mass is 9.65. The standard InChI is InChI=1S/C47H66N6O6S/c1-31(36-8-7-9-42-37(36)16-27-60(42,56)57)48-43-39-28-38(41(58-6)29-40(39)49-32(2)50-43)34-10-12-35(13-11-34)44(54)52-25-23-51(24-26-52)30-33-14-17-47(18-15-33)19-21-53(22-20-47)45(55)59-46(3,4)5/h7-9,28-29,31,33-35H,10-27,30H2,1-6H3,(H,48,49,50)/t31-,34?,35?/m1/s1. The number of amides is 2. The molecule has 1 aromatic heterocycles. The number of benzene rings is 2. The minimum atomic E-state index is -3.24. The Morgan fingerprint density at radius 3 is 2.28 bits per heavy atom. The van der Waals surface area contributed by atoms with Gasteiger partial charge in [0.1, 0.15) is 23.0 Å². The van der Waals surface area contributed by atoms with Gasteiger partial charge in [0.2, 0.25) is 5.91 Å². The largest absolute Gasteiger partial charge is 0.496 e. The Balaban J connectivity index is 0.829. The van der Waals surface area contributed by atoms with Crippen LogP contribution in [0.15, 0.2) is 35.2 Å². The van der Waals surface area contributed by atoms with Gasteiger partial charge in [0.25, 0.3) is 0 Å². The lowest BCUT2D eigenvalue weighted by Gasteiger charge is -2.47. The molecule has 0 radical (unpaired) electrons. The molecular formula is C47H66N6O6S. The summed E-state index contributed by atoms with van der Waals surface area (Å²) in [5, 5.41) is 4.53. The van der Waals surface area contributed by atoms with Crippen molar-refractivity contribution in [1.29, 1.82) is 0 Å². The lowest BCUT2D eigenvalue weighted by Crippen LogP contribution is -2.52. The smallest absolute Gasteiger partial charge is 0.410 e. The van der Waals surface area contributed by atoms with Crippen LogP contribution >= 0.6 is 0 Å². The van der Waals surface area contributed by atoms with E-state index in [0.29, 0.717) is 34.4 Å². The number of rotatable bonds is 8. The average molecular weight is 843 g/mol. The van der Waals surface area contributed by atoms with Crippen molar-refractivity contribution in [2.24, 2.45) is 17.3 Å². The molecule has 3 aliphatic heterocycles. The summed E-state index contributed by atoms with van der Waals surface area (Å²) >= 11 is 0. The van der Waals surface area contributed by atoms with Crippen LogP contribution < -0.4 is 10.1 Å². The zero-order valence-electron chi connectivity index (χ0n) is 36.7. The summed E-state index contributed by atoms with van der Waals surface area (Å²) < 4.78 is 36.9. The van der Waals surface area contributed by atoms with Gasteiger partial charge in [-0.25, -0.2) is 23.2 Å². The van der Waals surface area contributed by atoms with Gasteiger partial charge in [-0.15, -0.1) is 0 Å². The Bertz CT molecular complexity index is 2170. The Morgan fingerprint density at radius 2 is 1.62 bits per heavy atom. The van der Waals surface area contributed by atoms with Crippen LogP contribution in [0.3, 0.4) is 0 Å². The minimum Gasteiger partial charge on any atom is -0.496 e. The van der Waals surface area contributed by atoms with Gasteiger partial charge < -0.3 is 24.6 Å². The summed E-state index contributed by atoms with van der Waals surface area (Å²) in [6, 6.07) is 9.59. The Kier molecular flexibility index (Phi) is 12.1. The van der Waals surface area contributed by atoms with Crippen molar-refractivity contribution in [3.05, 3.63) is 52.8 Å². The molecule has 2 amide bonds. The van der Waals surface area contributed by atoms with E-state index in [-0.39, 0.29) is 29.7 Å².